The van der Waals surface area contributed by atoms with Crippen LogP contribution in [0.3, 0.4) is 0 Å². The second kappa shape index (κ2) is 8.62. The summed E-state index contributed by atoms with van der Waals surface area (Å²) >= 11 is 5.88. The topological polar surface area (TPSA) is 84.2 Å². The third kappa shape index (κ3) is 4.44. The number of rotatable bonds is 6. The smallest absolute Gasteiger partial charge is 0.335 e. The van der Waals surface area contributed by atoms with E-state index in [2.05, 4.69) is 10.3 Å². The summed E-state index contributed by atoms with van der Waals surface area (Å²) in [7, 11) is 0. The van der Waals surface area contributed by atoms with Gasteiger partial charge in [0.2, 0.25) is 0 Å². The molecule has 7 heteroatoms. The van der Waals surface area contributed by atoms with Gasteiger partial charge in [0, 0.05) is 24.3 Å². The van der Waals surface area contributed by atoms with Crippen molar-refractivity contribution in [2.45, 2.75) is 19.5 Å². The maximum absolute atomic E-state index is 13.1. The molecule has 2 aromatic carbocycles. The van der Waals surface area contributed by atoms with Crippen LogP contribution in [0.25, 0.3) is 10.9 Å². The number of fused-ring (bicyclic) bond motifs is 1. The van der Waals surface area contributed by atoms with E-state index in [0.29, 0.717) is 17.3 Å². The predicted molar refractivity (Wildman–Crippen MR) is 120 cm³/mol. The first-order valence-electron chi connectivity index (χ1n) is 9.75. The van der Waals surface area contributed by atoms with E-state index in [1.807, 2.05) is 42.0 Å². The normalized spacial score (nSPS) is 11.9. The number of para-hydroxylation sites is 1. The summed E-state index contributed by atoms with van der Waals surface area (Å²) in [5.41, 5.74) is 3.42. The van der Waals surface area contributed by atoms with Gasteiger partial charge in [-0.15, -0.1) is 0 Å². The Bertz CT molecular complexity index is 1250. The monoisotopic (exact) mass is 433 g/mol. The van der Waals surface area contributed by atoms with E-state index in [9.17, 15) is 9.59 Å². The molecule has 6 nitrogen and oxygen atoms in total. The Balaban J connectivity index is 1.59. The molecule has 156 valence electrons. The number of carboxylic acids is 1. The van der Waals surface area contributed by atoms with Crippen LogP contribution in [-0.4, -0.2) is 26.5 Å². The predicted octanol–water partition coefficient (Wildman–Crippen LogP) is 4.93. The molecular weight excluding hydrogens is 414 g/mol. The molecule has 4 rings (SSSR count). The number of carbonyl (C=O) groups excluding carboxylic acids is 1. The van der Waals surface area contributed by atoms with Crippen molar-refractivity contribution in [2.75, 3.05) is 0 Å². The van der Waals surface area contributed by atoms with E-state index < -0.39 is 5.97 Å². The molecule has 0 saturated heterocycles. The molecule has 0 aliphatic heterocycles. The lowest BCUT2D eigenvalue weighted by molar-refractivity contribution is 0.0696. The number of carboxylic acid groups (broad SMARTS) is 1. The van der Waals surface area contributed by atoms with Crippen molar-refractivity contribution in [2.24, 2.45) is 0 Å². The molecule has 0 aliphatic rings. The largest absolute Gasteiger partial charge is 0.478 e. The molecule has 2 aromatic heterocycles. The SMILES string of the molecule is C[C@H](NC(=O)c1cccc2ccn(Cc3ccc(Cl)nc3)c12)c1ccc(C(=O)O)cc1. The van der Waals surface area contributed by atoms with Crippen LogP contribution in [0.15, 0.2) is 73.1 Å². The second-order valence-corrected chi connectivity index (χ2v) is 7.69. The Morgan fingerprint density at radius 2 is 1.87 bits per heavy atom. The average molecular weight is 434 g/mol. The van der Waals surface area contributed by atoms with Crippen LogP contribution in [0.4, 0.5) is 0 Å². The van der Waals surface area contributed by atoms with Gasteiger partial charge >= 0.3 is 5.97 Å². The van der Waals surface area contributed by atoms with Crippen LogP contribution in [-0.2, 0) is 6.54 Å². The van der Waals surface area contributed by atoms with Crippen LogP contribution in [0.5, 0.6) is 0 Å². The summed E-state index contributed by atoms with van der Waals surface area (Å²) in [6.07, 6.45) is 3.67. The van der Waals surface area contributed by atoms with Crippen molar-refractivity contribution < 1.29 is 14.7 Å². The third-order valence-corrected chi connectivity index (χ3v) is 5.40. The van der Waals surface area contributed by atoms with Crippen LogP contribution in [0.1, 0.15) is 44.8 Å². The molecule has 2 N–H and O–H groups in total. The van der Waals surface area contributed by atoms with Crippen molar-refractivity contribution in [1.82, 2.24) is 14.9 Å². The van der Waals surface area contributed by atoms with Crippen molar-refractivity contribution in [3.63, 3.8) is 0 Å². The van der Waals surface area contributed by atoms with E-state index in [1.165, 1.54) is 12.1 Å². The number of hydrogen-bond acceptors (Lipinski definition) is 3. The van der Waals surface area contributed by atoms with E-state index >= 15 is 0 Å². The minimum absolute atomic E-state index is 0.199. The zero-order valence-electron chi connectivity index (χ0n) is 16.7. The summed E-state index contributed by atoms with van der Waals surface area (Å²) < 4.78 is 2.02. The first-order valence-corrected chi connectivity index (χ1v) is 10.1. The summed E-state index contributed by atoms with van der Waals surface area (Å²) in [4.78, 5) is 28.3. The number of aromatic nitrogens is 2. The number of pyridine rings is 1. The highest BCUT2D eigenvalue weighted by Gasteiger charge is 2.17. The van der Waals surface area contributed by atoms with Crippen molar-refractivity contribution in [3.05, 3.63) is 100 Å². The molecule has 31 heavy (non-hydrogen) atoms. The molecular formula is C24H20ClN3O3. The minimum atomic E-state index is -0.980. The molecule has 0 saturated carbocycles. The van der Waals surface area contributed by atoms with Gasteiger partial charge in [-0.05, 0) is 48.4 Å². The highest BCUT2D eigenvalue weighted by molar-refractivity contribution is 6.29. The van der Waals surface area contributed by atoms with E-state index in [4.69, 9.17) is 16.7 Å². The van der Waals surface area contributed by atoms with Crippen molar-refractivity contribution in [1.29, 1.82) is 0 Å². The summed E-state index contributed by atoms with van der Waals surface area (Å²) in [5.74, 6) is -1.18. The fourth-order valence-electron chi connectivity index (χ4n) is 3.54. The number of carbonyl (C=O) groups is 2. The maximum atomic E-state index is 13.1. The number of aromatic carboxylic acids is 1. The minimum Gasteiger partial charge on any atom is -0.478 e. The number of benzene rings is 2. The highest BCUT2D eigenvalue weighted by atomic mass is 35.5. The van der Waals surface area contributed by atoms with Gasteiger partial charge in [0.25, 0.3) is 5.91 Å². The summed E-state index contributed by atoms with van der Waals surface area (Å²) in [5, 5.41) is 13.5. The number of hydrogen-bond donors (Lipinski definition) is 2. The lowest BCUT2D eigenvalue weighted by Gasteiger charge is -2.16. The number of nitrogens with one attached hydrogen (secondary N) is 1. The van der Waals surface area contributed by atoms with Gasteiger partial charge in [-0.25, -0.2) is 9.78 Å². The first-order chi connectivity index (χ1) is 14.9. The van der Waals surface area contributed by atoms with E-state index in [0.717, 1.165) is 22.0 Å². The van der Waals surface area contributed by atoms with Crippen LogP contribution in [0, 0.1) is 0 Å². The number of nitrogens with zero attached hydrogens (tertiary/aromatic N) is 2. The molecule has 1 atom stereocenters. The maximum Gasteiger partial charge on any atom is 0.335 e. The molecule has 0 unspecified atom stereocenters. The van der Waals surface area contributed by atoms with E-state index in [-0.39, 0.29) is 17.5 Å². The molecule has 4 aromatic rings. The Hall–Kier alpha value is -3.64. The standard InChI is InChI=1S/C24H20ClN3O3/c1-15(17-6-8-19(9-7-17)24(30)31)27-23(29)20-4-2-3-18-11-12-28(22(18)20)14-16-5-10-21(25)26-13-16/h2-13,15H,14H2,1H3,(H,27,29)(H,30,31)/t15-/m0/s1. The zero-order chi connectivity index (χ0) is 22.0. The van der Waals surface area contributed by atoms with Crippen molar-refractivity contribution >= 4 is 34.4 Å². The highest BCUT2D eigenvalue weighted by Crippen LogP contribution is 2.23. The Kier molecular flexibility index (Phi) is 5.73. The molecule has 0 radical (unpaired) electrons. The fraction of sp³-hybridized carbons (Fsp3) is 0.125. The van der Waals surface area contributed by atoms with Gasteiger partial charge in [0.15, 0.2) is 0 Å². The lowest BCUT2D eigenvalue weighted by atomic mass is 10.0. The summed E-state index contributed by atoms with van der Waals surface area (Å²) in [6, 6.07) is 17.5. The molecule has 0 aliphatic carbocycles. The summed E-state index contributed by atoms with van der Waals surface area (Å²) in [6.45, 7) is 2.43. The Morgan fingerprint density at radius 1 is 1.10 bits per heavy atom. The fourth-order valence-corrected chi connectivity index (χ4v) is 3.66. The molecule has 0 bridgehead atoms. The quantitative estimate of drug-likeness (QED) is 0.422. The van der Waals surface area contributed by atoms with E-state index in [1.54, 1.807) is 30.5 Å². The molecule has 0 fully saturated rings. The van der Waals surface area contributed by atoms with Crippen LogP contribution < -0.4 is 5.32 Å². The number of amides is 1. The van der Waals surface area contributed by atoms with Gasteiger partial charge in [-0.1, -0.05) is 41.9 Å². The molecule has 1 amide bonds. The van der Waals surface area contributed by atoms with Crippen molar-refractivity contribution in [3.8, 4) is 0 Å². The average Bonchev–Trinajstić information content (AvgIpc) is 3.18. The second-order valence-electron chi connectivity index (χ2n) is 7.30. The third-order valence-electron chi connectivity index (χ3n) is 5.18. The van der Waals surface area contributed by atoms with Gasteiger partial charge in [-0.3, -0.25) is 4.79 Å². The van der Waals surface area contributed by atoms with Gasteiger partial charge in [-0.2, -0.15) is 0 Å². The Morgan fingerprint density at radius 3 is 2.55 bits per heavy atom. The van der Waals surface area contributed by atoms with Gasteiger partial charge in [0.1, 0.15) is 5.15 Å². The zero-order valence-corrected chi connectivity index (χ0v) is 17.5. The number of halogens is 1. The molecule has 0 spiro atoms. The lowest BCUT2D eigenvalue weighted by Crippen LogP contribution is -2.27. The van der Waals surface area contributed by atoms with Crippen LogP contribution in [0.2, 0.25) is 5.15 Å². The Labute approximate surface area is 184 Å². The van der Waals surface area contributed by atoms with Crippen LogP contribution >= 0.6 is 11.6 Å². The van der Waals surface area contributed by atoms with Gasteiger partial charge in [0.05, 0.1) is 22.7 Å². The first kappa shape index (κ1) is 20.6. The molecule has 2 heterocycles. The van der Waals surface area contributed by atoms with Gasteiger partial charge < -0.3 is 15.0 Å².